The van der Waals surface area contributed by atoms with Crippen LogP contribution in [0, 0.1) is 0 Å². The number of hydrogen-bond donors (Lipinski definition) is 1. The van der Waals surface area contributed by atoms with E-state index in [1.807, 2.05) is 6.92 Å². The summed E-state index contributed by atoms with van der Waals surface area (Å²) in [5.41, 5.74) is 7.25. The van der Waals surface area contributed by atoms with Crippen molar-refractivity contribution in [1.29, 1.82) is 0 Å². The molecule has 0 atom stereocenters. The maximum atomic E-state index is 4.09. The zero-order valence-electron chi connectivity index (χ0n) is 13.7. The molecule has 0 saturated heterocycles. The normalized spacial score (nSPS) is 10.3. The lowest BCUT2D eigenvalue weighted by Gasteiger charge is -2.12. The van der Waals surface area contributed by atoms with Crippen LogP contribution in [0.5, 0.6) is 0 Å². The standard InChI is InChI=1S/C21H25N/c1-5-17(4)19-13-10-18(11-14-19)12-15-20-8-6-7-9-21(20)22-16(2)3/h6-11,13-14,22H,2,4-5,12,15H2,1,3H3. The Bertz CT molecular complexity index is 650. The molecule has 114 valence electrons. The van der Waals surface area contributed by atoms with Crippen LogP contribution in [0.25, 0.3) is 5.57 Å². The van der Waals surface area contributed by atoms with E-state index >= 15 is 0 Å². The zero-order chi connectivity index (χ0) is 15.9. The molecule has 1 nitrogen and oxygen atoms in total. The third kappa shape index (κ3) is 4.36. The Kier molecular flexibility index (Phi) is 5.60. The van der Waals surface area contributed by atoms with Gasteiger partial charge in [-0.2, -0.15) is 0 Å². The van der Waals surface area contributed by atoms with Gasteiger partial charge in [-0.05, 0) is 54.5 Å². The number of para-hydroxylation sites is 1. The highest BCUT2D eigenvalue weighted by Gasteiger charge is 2.03. The van der Waals surface area contributed by atoms with Gasteiger partial charge >= 0.3 is 0 Å². The van der Waals surface area contributed by atoms with Crippen molar-refractivity contribution in [2.24, 2.45) is 0 Å². The van der Waals surface area contributed by atoms with Gasteiger partial charge in [0.25, 0.3) is 0 Å². The molecule has 0 heterocycles. The molecule has 0 aliphatic rings. The molecule has 0 amide bonds. The first kappa shape index (κ1) is 16.1. The molecular formula is C21H25N. The highest BCUT2D eigenvalue weighted by Crippen LogP contribution is 2.20. The molecule has 0 fully saturated rings. The van der Waals surface area contributed by atoms with Gasteiger partial charge in [0.05, 0.1) is 0 Å². The smallest absolute Gasteiger partial charge is 0.0414 e. The van der Waals surface area contributed by atoms with E-state index in [1.165, 1.54) is 22.3 Å². The van der Waals surface area contributed by atoms with Crippen molar-refractivity contribution in [2.75, 3.05) is 5.32 Å². The molecule has 1 N–H and O–H groups in total. The van der Waals surface area contributed by atoms with E-state index in [-0.39, 0.29) is 0 Å². The second-order valence-electron chi connectivity index (χ2n) is 5.72. The van der Waals surface area contributed by atoms with Crippen molar-refractivity contribution >= 4 is 11.3 Å². The van der Waals surface area contributed by atoms with Gasteiger partial charge in [-0.25, -0.2) is 0 Å². The number of anilines is 1. The predicted molar refractivity (Wildman–Crippen MR) is 98.1 cm³/mol. The molecule has 22 heavy (non-hydrogen) atoms. The lowest BCUT2D eigenvalue weighted by Crippen LogP contribution is -2.00. The van der Waals surface area contributed by atoms with E-state index in [2.05, 4.69) is 73.9 Å². The first-order chi connectivity index (χ1) is 10.6. The molecule has 2 aromatic carbocycles. The molecule has 0 aliphatic heterocycles. The average molecular weight is 291 g/mol. The molecule has 2 rings (SSSR count). The van der Waals surface area contributed by atoms with Gasteiger partial charge in [-0.15, -0.1) is 0 Å². The second kappa shape index (κ2) is 7.65. The van der Waals surface area contributed by atoms with E-state index in [1.54, 1.807) is 0 Å². The van der Waals surface area contributed by atoms with Gasteiger partial charge in [0.15, 0.2) is 0 Å². The summed E-state index contributed by atoms with van der Waals surface area (Å²) in [5, 5.41) is 3.34. The monoisotopic (exact) mass is 291 g/mol. The highest BCUT2D eigenvalue weighted by molar-refractivity contribution is 5.63. The van der Waals surface area contributed by atoms with Crippen LogP contribution in [-0.2, 0) is 12.8 Å². The Morgan fingerprint density at radius 1 is 0.955 bits per heavy atom. The van der Waals surface area contributed by atoms with Crippen molar-refractivity contribution in [1.82, 2.24) is 0 Å². The molecule has 0 aromatic heterocycles. The molecule has 0 saturated carbocycles. The third-order valence-corrected chi connectivity index (χ3v) is 3.84. The molecule has 0 aliphatic carbocycles. The average Bonchev–Trinajstić information content (AvgIpc) is 2.53. The van der Waals surface area contributed by atoms with Crippen LogP contribution in [0.1, 0.15) is 37.0 Å². The molecule has 1 heteroatoms. The maximum Gasteiger partial charge on any atom is 0.0414 e. The summed E-state index contributed by atoms with van der Waals surface area (Å²) in [4.78, 5) is 0. The first-order valence-corrected chi connectivity index (χ1v) is 7.87. The summed E-state index contributed by atoms with van der Waals surface area (Å²) in [6, 6.07) is 17.2. The van der Waals surface area contributed by atoms with E-state index in [0.29, 0.717) is 0 Å². The quantitative estimate of drug-likeness (QED) is 0.675. The fourth-order valence-corrected chi connectivity index (χ4v) is 2.48. The van der Waals surface area contributed by atoms with Crippen molar-refractivity contribution in [3.8, 4) is 0 Å². The Morgan fingerprint density at radius 2 is 1.64 bits per heavy atom. The van der Waals surface area contributed by atoms with Crippen LogP contribution in [0.4, 0.5) is 5.69 Å². The number of aryl methyl sites for hydroxylation is 2. The summed E-state index contributed by atoms with van der Waals surface area (Å²) in [5.74, 6) is 0. The lowest BCUT2D eigenvalue weighted by atomic mass is 9.99. The number of hydrogen-bond acceptors (Lipinski definition) is 1. The number of nitrogens with one attached hydrogen (secondary N) is 1. The third-order valence-electron chi connectivity index (χ3n) is 3.84. The van der Waals surface area contributed by atoms with E-state index < -0.39 is 0 Å². The largest absolute Gasteiger partial charge is 0.359 e. The Balaban J connectivity index is 2.04. The number of rotatable bonds is 7. The van der Waals surface area contributed by atoms with Gasteiger partial charge in [-0.3, -0.25) is 0 Å². The second-order valence-corrected chi connectivity index (χ2v) is 5.72. The van der Waals surface area contributed by atoms with Crippen LogP contribution < -0.4 is 5.32 Å². The van der Waals surface area contributed by atoms with Gasteiger partial charge in [0.1, 0.15) is 0 Å². The molecular weight excluding hydrogens is 266 g/mol. The van der Waals surface area contributed by atoms with Crippen LogP contribution in [0.3, 0.4) is 0 Å². The van der Waals surface area contributed by atoms with Gasteiger partial charge in [0, 0.05) is 11.4 Å². The van der Waals surface area contributed by atoms with E-state index in [9.17, 15) is 0 Å². The zero-order valence-corrected chi connectivity index (χ0v) is 13.7. The molecule has 0 bridgehead atoms. The number of benzene rings is 2. The summed E-state index contributed by atoms with van der Waals surface area (Å²) in [7, 11) is 0. The molecule has 0 radical (unpaired) electrons. The van der Waals surface area contributed by atoms with Crippen molar-refractivity contribution in [3.05, 3.63) is 84.1 Å². The van der Waals surface area contributed by atoms with Crippen LogP contribution >= 0.6 is 0 Å². The molecule has 2 aromatic rings. The van der Waals surface area contributed by atoms with Gasteiger partial charge < -0.3 is 5.32 Å². The van der Waals surface area contributed by atoms with Crippen molar-refractivity contribution in [2.45, 2.75) is 33.1 Å². The summed E-state index contributed by atoms with van der Waals surface area (Å²) >= 11 is 0. The fraction of sp³-hybridized carbons (Fsp3) is 0.238. The molecule has 0 unspecified atom stereocenters. The van der Waals surface area contributed by atoms with Crippen LogP contribution in [-0.4, -0.2) is 0 Å². The lowest BCUT2D eigenvalue weighted by molar-refractivity contribution is 0.960. The van der Waals surface area contributed by atoms with Gasteiger partial charge in [-0.1, -0.05) is 62.5 Å². The minimum atomic E-state index is 0.967. The van der Waals surface area contributed by atoms with E-state index in [4.69, 9.17) is 0 Å². The van der Waals surface area contributed by atoms with Gasteiger partial charge in [0.2, 0.25) is 0 Å². The summed E-state index contributed by atoms with van der Waals surface area (Å²) < 4.78 is 0. The minimum absolute atomic E-state index is 0.967. The summed E-state index contributed by atoms with van der Waals surface area (Å²) in [6.07, 6.45) is 3.05. The predicted octanol–water partition coefficient (Wildman–Crippen LogP) is 5.84. The molecule has 0 spiro atoms. The Hall–Kier alpha value is -2.28. The topological polar surface area (TPSA) is 12.0 Å². The number of allylic oxidation sites excluding steroid dienone is 2. The van der Waals surface area contributed by atoms with Crippen LogP contribution in [0.15, 0.2) is 67.4 Å². The fourth-order valence-electron chi connectivity index (χ4n) is 2.48. The highest BCUT2D eigenvalue weighted by atomic mass is 14.9. The first-order valence-electron chi connectivity index (χ1n) is 7.87. The van der Waals surface area contributed by atoms with Crippen molar-refractivity contribution in [3.63, 3.8) is 0 Å². The maximum absolute atomic E-state index is 4.09. The SMILES string of the molecule is C=C(C)Nc1ccccc1CCc1ccc(C(=C)CC)cc1. The Labute approximate surface area is 134 Å². The minimum Gasteiger partial charge on any atom is -0.359 e. The summed E-state index contributed by atoms with van der Waals surface area (Å²) in [6.45, 7) is 12.1. The Morgan fingerprint density at radius 3 is 2.27 bits per heavy atom. The van der Waals surface area contributed by atoms with Crippen LogP contribution in [0.2, 0.25) is 0 Å². The van der Waals surface area contributed by atoms with E-state index in [0.717, 1.165) is 30.6 Å². The van der Waals surface area contributed by atoms with Crippen molar-refractivity contribution < 1.29 is 0 Å².